The van der Waals surface area contributed by atoms with Crippen molar-refractivity contribution in [1.82, 2.24) is 4.98 Å². The molecule has 0 saturated heterocycles. The molecule has 5 rings (SSSR count). The summed E-state index contributed by atoms with van der Waals surface area (Å²) in [5.41, 5.74) is 10.0. The van der Waals surface area contributed by atoms with Gasteiger partial charge in [0.1, 0.15) is 0 Å². The summed E-state index contributed by atoms with van der Waals surface area (Å²) in [6.07, 6.45) is 1.11. The summed E-state index contributed by atoms with van der Waals surface area (Å²) >= 11 is 1.87. The van der Waals surface area contributed by atoms with E-state index in [2.05, 4.69) is 115 Å². The molecule has 0 aliphatic heterocycles. The molecule has 5 aromatic rings. The normalized spacial score (nSPS) is 12.2. The van der Waals surface area contributed by atoms with Gasteiger partial charge < -0.3 is 0 Å². The van der Waals surface area contributed by atoms with Crippen LogP contribution in [0.25, 0.3) is 43.4 Å². The number of thiophene rings is 1. The minimum atomic E-state index is 0.0453. The van der Waals surface area contributed by atoms with Crippen molar-refractivity contribution in [3.63, 3.8) is 0 Å². The third kappa shape index (κ3) is 4.52. The van der Waals surface area contributed by atoms with E-state index >= 15 is 0 Å². The lowest BCUT2D eigenvalue weighted by Crippen LogP contribution is -2.12. The molecule has 2 aromatic heterocycles. The molecule has 0 N–H and O–H groups in total. The van der Waals surface area contributed by atoms with Crippen LogP contribution in [0.1, 0.15) is 56.2 Å². The van der Waals surface area contributed by atoms with Gasteiger partial charge in [-0.05, 0) is 82.8 Å². The molecule has 0 aliphatic carbocycles. The zero-order valence-corrected chi connectivity index (χ0v) is 22.8. The predicted molar refractivity (Wildman–Crippen MR) is 155 cm³/mol. The zero-order chi connectivity index (χ0) is 24.9. The SMILES string of the molecule is Cc1sc2c(-c3ccc(CC(C)C)cc3)cc(-c3cc(C(C)(C)C)c4ccccc4c3)nc2c1C. The van der Waals surface area contributed by atoms with Crippen molar-refractivity contribution >= 4 is 32.3 Å². The Morgan fingerprint density at radius 1 is 0.857 bits per heavy atom. The van der Waals surface area contributed by atoms with E-state index < -0.39 is 0 Å². The van der Waals surface area contributed by atoms with Crippen molar-refractivity contribution in [2.24, 2.45) is 5.92 Å². The van der Waals surface area contributed by atoms with Gasteiger partial charge >= 0.3 is 0 Å². The molecular weight excluding hydrogens is 442 g/mol. The number of nitrogens with zero attached hydrogens (tertiary/aromatic N) is 1. The van der Waals surface area contributed by atoms with Crippen LogP contribution in [-0.4, -0.2) is 4.98 Å². The second kappa shape index (κ2) is 8.91. The van der Waals surface area contributed by atoms with Crippen molar-refractivity contribution in [3.05, 3.63) is 88.3 Å². The molecule has 3 aromatic carbocycles. The Bertz CT molecular complexity index is 1530. The Morgan fingerprint density at radius 3 is 2.26 bits per heavy atom. The van der Waals surface area contributed by atoms with Gasteiger partial charge in [0.15, 0.2) is 0 Å². The largest absolute Gasteiger partial charge is 0.247 e. The highest BCUT2D eigenvalue weighted by Gasteiger charge is 2.20. The first-order valence-corrected chi connectivity index (χ1v) is 13.5. The van der Waals surface area contributed by atoms with Crippen LogP contribution in [0.3, 0.4) is 0 Å². The maximum atomic E-state index is 5.25. The quantitative estimate of drug-likeness (QED) is 0.251. The number of fused-ring (bicyclic) bond motifs is 2. The summed E-state index contributed by atoms with van der Waals surface area (Å²) in [5.74, 6) is 0.660. The molecular formula is C33H35NS. The zero-order valence-electron chi connectivity index (χ0n) is 22.0. The van der Waals surface area contributed by atoms with Crippen LogP contribution in [0.15, 0.2) is 66.7 Å². The summed E-state index contributed by atoms with van der Waals surface area (Å²) in [7, 11) is 0. The molecule has 2 heterocycles. The Balaban J connectivity index is 1.74. The monoisotopic (exact) mass is 477 g/mol. The average Bonchev–Trinajstić information content (AvgIpc) is 3.11. The number of aromatic nitrogens is 1. The van der Waals surface area contributed by atoms with E-state index in [0.29, 0.717) is 5.92 Å². The lowest BCUT2D eigenvalue weighted by molar-refractivity contribution is 0.596. The van der Waals surface area contributed by atoms with Crippen molar-refractivity contribution in [2.75, 3.05) is 0 Å². The Morgan fingerprint density at radius 2 is 1.57 bits per heavy atom. The van der Waals surface area contributed by atoms with E-state index in [0.717, 1.165) is 17.6 Å². The molecule has 0 atom stereocenters. The molecule has 0 spiro atoms. The first kappa shape index (κ1) is 23.8. The Labute approximate surface area is 213 Å². The molecule has 0 saturated carbocycles. The summed E-state index contributed by atoms with van der Waals surface area (Å²) in [4.78, 5) is 6.59. The van der Waals surface area contributed by atoms with Crippen LogP contribution in [0.5, 0.6) is 0 Å². The average molecular weight is 478 g/mol. The van der Waals surface area contributed by atoms with E-state index in [9.17, 15) is 0 Å². The van der Waals surface area contributed by atoms with Gasteiger partial charge in [0.25, 0.3) is 0 Å². The summed E-state index contributed by atoms with van der Waals surface area (Å²) in [6.45, 7) is 15.9. The van der Waals surface area contributed by atoms with Gasteiger partial charge in [-0.2, -0.15) is 0 Å². The molecule has 0 unspecified atom stereocenters. The van der Waals surface area contributed by atoms with Crippen LogP contribution >= 0.6 is 11.3 Å². The summed E-state index contributed by atoms with van der Waals surface area (Å²) in [6, 6.07) is 24.9. The maximum absolute atomic E-state index is 5.25. The van der Waals surface area contributed by atoms with E-state index in [1.165, 1.54) is 53.7 Å². The van der Waals surface area contributed by atoms with E-state index in [1.54, 1.807) is 0 Å². The van der Waals surface area contributed by atoms with Crippen molar-refractivity contribution in [3.8, 4) is 22.4 Å². The standard InChI is InChI=1S/C33H35NS/c1-20(2)16-23-12-14-24(15-13-23)28-19-30(34-31-21(3)22(4)35-32(28)31)26-17-25-10-8-9-11-27(25)29(18-26)33(5,6)7/h8-15,17-20H,16H2,1-7H3. The fraction of sp³-hybridized carbons (Fsp3) is 0.303. The topological polar surface area (TPSA) is 12.9 Å². The third-order valence-corrected chi connectivity index (χ3v) is 8.22. The first-order chi connectivity index (χ1) is 16.6. The minimum Gasteiger partial charge on any atom is -0.247 e. The second-order valence-electron chi connectivity index (χ2n) is 11.3. The highest BCUT2D eigenvalue weighted by molar-refractivity contribution is 7.19. The van der Waals surface area contributed by atoms with Crippen LogP contribution in [0.4, 0.5) is 0 Å². The van der Waals surface area contributed by atoms with Gasteiger partial charge in [0.05, 0.1) is 15.9 Å². The van der Waals surface area contributed by atoms with Crippen LogP contribution in [-0.2, 0) is 11.8 Å². The van der Waals surface area contributed by atoms with Crippen molar-refractivity contribution < 1.29 is 0 Å². The lowest BCUT2D eigenvalue weighted by atomic mass is 9.82. The molecule has 0 amide bonds. The van der Waals surface area contributed by atoms with Crippen LogP contribution in [0, 0.1) is 19.8 Å². The maximum Gasteiger partial charge on any atom is 0.0855 e. The highest BCUT2D eigenvalue weighted by Crippen LogP contribution is 2.41. The number of benzene rings is 3. The number of hydrogen-bond donors (Lipinski definition) is 0. The van der Waals surface area contributed by atoms with Gasteiger partial charge in [0, 0.05) is 16.0 Å². The van der Waals surface area contributed by atoms with Crippen LogP contribution in [0.2, 0.25) is 0 Å². The van der Waals surface area contributed by atoms with E-state index in [4.69, 9.17) is 4.98 Å². The number of hydrogen-bond acceptors (Lipinski definition) is 2. The Hall–Kier alpha value is -2.97. The van der Waals surface area contributed by atoms with Gasteiger partial charge in [-0.3, -0.25) is 0 Å². The van der Waals surface area contributed by atoms with Crippen LogP contribution < -0.4 is 0 Å². The third-order valence-electron chi connectivity index (χ3n) is 6.99. The molecule has 35 heavy (non-hydrogen) atoms. The summed E-state index contributed by atoms with van der Waals surface area (Å²) < 4.78 is 1.29. The van der Waals surface area contributed by atoms with Crippen molar-refractivity contribution in [2.45, 2.75) is 60.3 Å². The second-order valence-corrected chi connectivity index (χ2v) is 12.5. The van der Waals surface area contributed by atoms with E-state index in [1.807, 2.05) is 11.3 Å². The minimum absolute atomic E-state index is 0.0453. The molecule has 0 bridgehead atoms. The lowest BCUT2D eigenvalue weighted by Gasteiger charge is -2.23. The number of rotatable bonds is 4. The van der Waals surface area contributed by atoms with E-state index in [-0.39, 0.29) is 5.41 Å². The van der Waals surface area contributed by atoms with Gasteiger partial charge in [-0.15, -0.1) is 11.3 Å². The van der Waals surface area contributed by atoms with Gasteiger partial charge in [-0.25, -0.2) is 4.98 Å². The Kier molecular flexibility index (Phi) is 6.05. The smallest absolute Gasteiger partial charge is 0.0855 e. The highest BCUT2D eigenvalue weighted by atomic mass is 32.1. The number of aryl methyl sites for hydroxylation is 2. The molecule has 0 aliphatic rings. The van der Waals surface area contributed by atoms with Gasteiger partial charge in [-0.1, -0.05) is 83.1 Å². The molecule has 0 radical (unpaired) electrons. The predicted octanol–water partition coefficient (Wildman–Crippen LogP) is 9.90. The molecule has 178 valence electrons. The first-order valence-electron chi connectivity index (χ1n) is 12.7. The molecule has 0 fully saturated rings. The summed E-state index contributed by atoms with van der Waals surface area (Å²) in [5, 5.41) is 2.60. The fourth-order valence-corrected chi connectivity index (χ4v) is 6.16. The van der Waals surface area contributed by atoms with Gasteiger partial charge in [0.2, 0.25) is 0 Å². The molecule has 2 heteroatoms. The van der Waals surface area contributed by atoms with Crippen molar-refractivity contribution in [1.29, 1.82) is 0 Å². The number of pyridine rings is 1. The molecule has 1 nitrogen and oxygen atoms in total. The fourth-order valence-electron chi connectivity index (χ4n) is 5.02.